The lowest BCUT2D eigenvalue weighted by Gasteiger charge is -2.06. The van der Waals surface area contributed by atoms with E-state index in [1.165, 1.54) is 12.1 Å². The molecule has 4 rings (SSSR count). The van der Waals surface area contributed by atoms with E-state index in [2.05, 4.69) is 15.4 Å². The number of carbonyl (C=O) groups excluding carboxylic acids is 1. The van der Waals surface area contributed by atoms with Crippen LogP contribution >= 0.6 is 11.6 Å². The topological polar surface area (TPSA) is 59.8 Å². The minimum absolute atomic E-state index is 0.0671. The summed E-state index contributed by atoms with van der Waals surface area (Å²) >= 11 is 5.99. The minimum atomic E-state index is -0.600. The van der Waals surface area contributed by atoms with Crippen molar-refractivity contribution in [2.24, 2.45) is 0 Å². The molecule has 0 saturated carbocycles. The van der Waals surface area contributed by atoms with E-state index in [0.717, 1.165) is 11.1 Å². The largest absolute Gasteiger partial charge is 0.317 e. The van der Waals surface area contributed by atoms with Gasteiger partial charge in [-0.25, -0.2) is 14.1 Å². The molecule has 0 aliphatic heterocycles. The number of benzene rings is 3. The average molecular weight is 407 g/mol. The number of nitrogens with zero attached hydrogens (tertiary/aromatic N) is 3. The molecule has 1 heterocycles. The van der Waals surface area contributed by atoms with E-state index in [9.17, 15) is 9.18 Å². The van der Waals surface area contributed by atoms with E-state index in [-0.39, 0.29) is 11.5 Å². The fraction of sp³-hybridized carbons (Fsp3) is 0.0455. The maximum Gasteiger partial charge on any atom is 0.295 e. The SMILES string of the molecule is Cc1cccc(-c2nc(C(=O)Nc3ccccc3F)nn2-c2ccc(Cl)cc2)c1. The predicted octanol–water partition coefficient (Wildman–Crippen LogP) is 5.29. The van der Waals surface area contributed by atoms with Crippen LogP contribution in [0.15, 0.2) is 72.8 Å². The van der Waals surface area contributed by atoms with E-state index in [1.54, 1.807) is 41.1 Å². The van der Waals surface area contributed by atoms with E-state index < -0.39 is 11.7 Å². The van der Waals surface area contributed by atoms with Crippen LogP contribution in [0, 0.1) is 12.7 Å². The molecule has 0 unspecified atom stereocenters. The van der Waals surface area contributed by atoms with Crippen LogP contribution in [0.25, 0.3) is 17.1 Å². The molecule has 0 fully saturated rings. The van der Waals surface area contributed by atoms with Crippen molar-refractivity contribution >= 4 is 23.2 Å². The second kappa shape index (κ2) is 7.85. The highest BCUT2D eigenvalue weighted by Crippen LogP contribution is 2.24. The Hall–Kier alpha value is -3.51. The Labute approximate surface area is 171 Å². The molecule has 0 saturated heterocycles. The van der Waals surface area contributed by atoms with Crippen molar-refractivity contribution in [3.8, 4) is 17.1 Å². The van der Waals surface area contributed by atoms with Gasteiger partial charge in [-0.1, -0.05) is 47.5 Å². The number of anilines is 1. The summed E-state index contributed by atoms with van der Waals surface area (Å²) in [6.07, 6.45) is 0. The van der Waals surface area contributed by atoms with Gasteiger partial charge in [0, 0.05) is 10.6 Å². The van der Waals surface area contributed by atoms with Crippen molar-refractivity contribution in [1.82, 2.24) is 14.8 Å². The number of para-hydroxylation sites is 1. The van der Waals surface area contributed by atoms with Crippen LogP contribution in [-0.4, -0.2) is 20.7 Å². The second-order valence-corrected chi connectivity index (χ2v) is 6.89. The molecular formula is C22H16ClFN4O. The lowest BCUT2D eigenvalue weighted by atomic mass is 10.1. The van der Waals surface area contributed by atoms with Gasteiger partial charge in [0.25, 0.3) is 5.91 Å². The number of hydrogen-bond acceptors (Lipinski definition) is 3. The molecule has 0 aliphatic carbocycles. The quantitative estimate of drug-likeness (QED) is 0.501. The summed E-state index contributed by atoms with van der Waals surface area (Å²) in [4.78, 5) is 17.1. The number of carbonyl (C=O) groups is 1. The van der Waals surface area contributed by atoms with E-state index >= 15 is 0 Å². The summed E-state index contributed by atoms with van der Waals surface area (Å²) in [5.41, 5.74) is 2.61. The van der Waals surface area contributed by atoms with Gasteiger partial charge in [-0.3, -0.25) is 4.79 Å². The van der Waals surface area contributed by atoms with Gasteiger partial charge in [-0.2, -0.15) is 0 Å². The Morgan fingerprint density at radius 1 is 1.03 bits per heavy atom. The summed E-state index contributed by atoms with van der Waals surface area (Å²) in [6.45, 7) is 1.97. The van der Waals surface area contributed by atoms with Crippen molar-refractivity contribution in [3.63, 3.8) is 0 Å². The fourth-order valence-corrected chi connectivity index (χ4v) is 3.01. The Balaban J connectivity index is 1.78. The summed E-state index contributed by atoms with van der Waals surface area (Å²) < 4.78 is 15.5. The molecule has 5 nitrogen and oxygen atoms in total. The molecule has 1 amide bonds. The van der Waals surface area contributed by atoms with E-state index in [1.807, 2.05) is 31.2 Å². The third-order valence-electron chi connectivity index (χ3n) is 4.28. The average Bonchev–Trinajstić information content (AvgIpc) is 3.16. The molecule has 1 N–H and O–H groups in total. The fourth-order valence-electron chi connectivity index (χ4n) is 2.88. The maximum atomic E-state index is 13.9. The number of hydrogen-bond donors (Lipinski definition) is 1. The summed E-state index contributed by atoms with van der Waals surface area (Å²) in [7, 11) is 0. The van der Waals surface area contributed by atoms with Crippen LogP contribution in [0.4, 0.5) is 10.1 Å². The highest BCUT2D eigenvalue weighted by atomic mass is 35.5. The first-order valence-electron chi connectivity index (χ1n) is 8.87. The van der Waals surface area contributed by atoms with Gasteiger partial charge in [0.1, 0.15) is 5.82 Å². The van der Waals surface area contributed by atoms with Crippen molar-refractivity contribution in [2.75, 3.05) is 5.32 Å². The number of aromatic nitrogens is 3. The van der Waals surface area contributed by atoms with Crippen LogP contribution in [0.3, 0.4) is 0 Å². The number of rotatable bonds is 4. The molecule has 1 aromatic heterocycles. The van der Waals surface area contributed by atoms with Crippen LogP contribution in [0.5, 0.6) is 0 Å². The van der Waals surface area contributed by atoms with E-state index in [0.29, 0.717) is 16.5 Å². The first-order valence-corrected chi connectivity index (χ1v) is 9.25. The normalized spacial score (nSPS) is 10.7. The highest BCUT2D eigenvalue weighted by Gasteiger charge is 2.20. The van der Waals surface area contributed by atoms with Gasteiger partial charge in [-0.05, 0) is 49.4 Å². The van der Waals surface area contributed by atoms with Gasteiger partial charge in [0.2, 0.25) is 5.82 Å². The first-order chi connectivity index (χ1) is 14.0. The van der Waals surface area contributed by atoms with Crippen LogP contribution < -0.4 is 5.32 Å². The second-order valence-electron chi connectivity index (χ2n) is 6.45. The predicted molar refractivity (Wildman–Crippen MR) is 111 cm³/mol. The lowest BCUT2D eigenvalue weighted by molar-refractivity contribution is 0.101. The molecule has 144 valence electrons. The Morgan fingerprint density at radius 3 is 2.52 bits per heavy atom. The molecule has 7 heteroatoms. The van der Waals surface area contributed by atoms with Crippen molar-refractivity contribution < 1.29 is 9.18 Å². The number of aryl methyl sites for hydroxylation is 1. The molecule has 0 atom stereocenters. The maximum absolute atomic E-state index is 13.9. The standard InChI is InChI=1S/C22H16ClFN4O/c1-14-5-4-6-15(13-14)21-26-20(22(29)25-19-8-3-2-7-18(19)24)27-28(21)17-11-9-16(23)10-12-17/h2-13H,1H3,(H,25,29). The number of nitrogens with one attached hydrogen (secondary N) is 1. The molecule has 3 aromatic carbocycles. The third kappa shape index (κ3) is 4.02. The first kappa shape index (κ1) is 18.8. The molecule has 0 radical (unpaired) electrons. The Morgan fingerprint density at radius 2 is 1.79 bits per heavy atom. The molecule has 0 bridgehead atoms. The van der Waals surface area contributed by atoms with Gasteiger partial charge >= 0.3 is 0 Å². The van der Waals surface area contributed by atoms with Crippen molar-refractivity contribution in [3.05, 3.63) is 95.0 Å². The van der Waals surface area contributed by atoms with Crippen molar-refractivity contribution in [1.29, 1.82) is 0 Å². The third-order valence-corrected chi connectivity index (χ3v) is 4.53. The van der Waals surface area contributed by atoms with Crippen LogP contribution in [-0.2, 0) is 0 Å². The van der Waals surface area contributed by atoms with E-state index in [4.69, 9.17) is 11.6 Å². The highest BCUT2D eigenvalue weighted by molar-refractivity contribution is 6.30. The summed E-state index contributed by atoms with van der Waals surface area (Å²) in [5, 5.41) is 7.47. The minimum Gasteiger partial charge on any atom is -0.317 e. The zero-order chi connectivity index (χ0) is 20.4. The smallest absolute Gasteiger partial charge is 0.295 e. The molecule has 29 heavy (non-hydrogen) atoms. The zero-order valence-corrected chi connectivity index (χ0v) is 16.2. The Bertz CT molecular complexity index is 1190. The van der Waals surface area contributed by atoms with Gasteiger partial charge < -0.3 is 5.32 Å². The monoisotopic (exact) mass is 406 g/mol. The molecule has 0 aliphatic rings. The zero-order valence-electron chi connectivity index (χ0n) is 15.4. The van der Waals surface area contributed by atoms with Crippen molar-refractivity contribution in [2.45, 2.75) is 6.92 Å². The summed E-state index contributed by atoms with van der Waals surface area (Å²) in [5.74, 6) is -0.706. The van der Waals surface area contributed by atoms with Crippen LogP contribution in [0.1, 0.15) is 16.2 Å². The van der Waals surface area contributed by atoms with Crippen LogP contribution in [0.2, 0.25) is 5.02 Å². The molecular weight excluding hydrogens is 391 g/mol. The molecule has 0 spiro atoms. The molecule has 4 aromatic rings. The Kier molecular flexibility index (Phi) is 5.10. The lowest BCUT2D eigenvalue weighted by Crippen LogP contribution is -2.15. The summed E-state index contributed by atoms with van der Waals surface area (Å²) in [6, 6.07) is 20.7. The number of halogens is 2. The van der Waals surface area contributed by atoms with Gasteiger partial charge in [0.05, 0.1) is 11.4 Å². The van der Waals surface area contributed by atoms with Gasteiger partial charge in [-0.15, -0.1) is 5.10 Å². The number of amides is 1. The van der Waals surface area contributed by atoms with Gasteiger partial charge in [0.15, 0.2) is 5.82 Å².